The highest BCUT2D eigenvalue weighted by Gasteiger charge is 2.32. The molecule has 1 aliphatic heterocycles. The standard InChI is InChI=1S/C17H20FN3O2/c1-12-4-3-8-20(16(12)11-22)17(23)15-7-9-21(19-15)14-6-2-5-13(18)10-14/h2,5-7,9-10,12,16,22H,3-4,8,11H2,1H3. The smallest absolute Gasteiger partial charge is 0.274 e. The highest BCUT2D eigenvalue weighted by Crippen LogP contribution is 2.24. The van der Waals surface area contributed by atoms with E-state index < -0.39 is 0 Å². The summed E-state index contributed by atoms with van der Waals surface area (Å²) in [7, 11) is 0. The quantitative estimate of drug-likeness (QED) is 0.944. The molecule has 2 aromatic rings. The lowest BCUT2D eigenvalue weighted by Gasteiger charge is -2.38. The number of hydrogen-bond acceptors (Lipinski definition) is 3. The molecule has 1 saturated heterocycles. The number of amides is 1. The van der Waals surface area contributed by atoms with Crippen molar-refractivity contribution in [3.63, 3.8) is 0 Å². The summed E-state index contributed by atoms with van der Waals surface area (Å²) in [4.78, 5) is 14.4. The first-order chi connectivity index (χ1) is 11.1. The third kappa shape index (κ3) is 3.12. The van der Waals surface area contributed by atoms with Gasteiger partial charge in [0.05, 0.1) is 18.3 Å². The number of nitrogens with zero attached hydrogens (tertiary/aromatic N) is 3. The number of piperidine rings is 1. The molecule has 1 N–H and O–H groups in total. The SMILES string of the molecule is CC1CCCN(C(=O)c2ccn(-c3cccc(F)c3)n2)C1CO. The van der Waals surface area contributed by atoms with Gasteiger partial charge in [0.2, 0.25) is 0 Å². The zero-order valence-corrected chi connectivity index (χ0v) is 13.0. The first-order valence-corrected chi connectivity index (χ1v) is 7.83. The monoisotopic (exact) mass is 317 g/mol. The molecule has 1 aliphatic rings. The number of aromatic nitrogens is 2. The topological polar surface area (TPSA) is 58.4 Å². The maximum absolute atomic E-state index is 13.3. The first-order valence-electron chi connectivity index (χ1n) is 7.83. The minimum absolute atomic E-state index is 0.0441. The zero-order chi connectivity index (χ0) is 16.4. The minimum Gasteiger partial charge on any atom is -0.394 e. The van der Waals surface area contributed by atoms with E-state index in [2.05, 4.69) is 5.10 Å². The fourth-order valence-electron chi connectivity index (χ4n) is 3.13. The van der Waals surface area contributed by atoms with E-state index in [1.807, 2.05) is 6.92 Å². The summed E-state index contributed by atoms with van der Waals surface area (Å²) in [5, 5.41) is 13.8. The van der Waals surface area contributed by atoms with Gasteiger partial charge in [0.15, 0.2) is 5.69 Å². The van der Waals surface area contributed by atoms with E-state index in [9.17, 15) is 14.3 Å². The average molecular weight is 317 g/mol. The van der Waals surface area contributed by atoms with E-state index in [1.54, 1.807) is 29.3 Å². The van der Waals surface area contributed by atoms with Crippen LogP contribution in [0.25, 0.3) is 5.69 Å². The molecule has 2 unspecified atom stereocenters. The van der Waals surface area contributed by atoms with Crippen molar-refractivity contribution in [1.29, 1.82) is 0 Å². The molecule has 23 heavy (non-hydrogen) atoms. The number of aliphatic hydroxyl groups excluding tert-OH is 1. The van der Waals surface area contributed by atoms with E-state index in [1.165, 1.54) is 16.8 Å². The van der Waals surface area contributed by atoms with Crippen LogP contribution in [0.1, 0.15) is 30.3 Å². The van der Waals surface area contributed by atoms with Gasteiger partial charge in [-0.25, -0.2) is 9.07 Å². The first kappa shape index (κ1) is 15.7. The van der Waals surface area contributed by atoms with Crippen LogP contribution in [0.4, 0.5) is 4.39 Å². The molecule has 1 fully saturated rings. The number of benzene rings is 1. The number of carbonyl (C=O) groups is 1. The van der Waals surface area contributed by atoms with Gasteiger partial charge >= 0.3 is 0 Å². The normalized spacial score (nSPS) is 21.4. The second-order valence-corrected chi connectivity index (χ2v) is 5.99. The van der Waals surface area contributed by atoms with E-state index in [-0.39, 0.29) is 30.3 Å². The Morgan fingerprint density at radius 3 is 3.00 bits per heavy atom. The van der Waals surface area contributed by atoms with Crippen LogP contribution in [0.3, 0.4) is 0 Å². The van der Waals surface area contributed by atoms with Crippen LogP contribution in [-0.4, -0.2) is 44.9 Å². The predicted octanol–water partition coefficient (Wildman–Crippen LogP) is 2.24. The number of halogens is 1. The van der Waals surface area contributed by atoms with Crippen molar-refractivity contribution in [3.8, 4) is 5.69 Å². The molecule has 0 bridgehead atoms. The summed E-state index contributed by atoms with van der Waals surface area (Å²) in [5.74, 6) is -0.273. The van der Waals surface area contributed by atoms with Gasteiger partial charge in [0.1, 0.15) is 5.82 Å². The Balaban J connectivity index is 1.83. The molecule has 2 atom stereocenters. The van der Waals surface area contributed by atoms with Crippen LogP contribution in [0.2, 0.25) is 0 Å². The third-order valence-electron chi connectivity index (χ3n) is 4.44. The molecule has 2 heterocycles. The largest absolute Gasteiger partial charge is 0.394 e. The number of carbonyl (C=O) groups excluding carboxylic acids is 1. The van der Waals surface area contributed by atoms with Crippen molar-refractivity contribution in [2.24, 2.45) is 5.92 Å². The van der Waals surface area contributed by atoms with Crippen molar-refractivity contribution in [3.05, 3.63) is 48.0 Å². The van der Waals surface area contributed by atoms with Crippen LogP contribution in [0.5, 0.6) is 0 Å². The third-order valence-corrected chi connectivity index (χ3v) is 4.44. The molecule has 1 aromatic heterocycles. The number of likely N-dealkylation sites (tertiary alicyclic amines) is 1. The maximum Gasteiger partial charge on any atom is 0.274 e. The summed E-state index contributed by atoms with van der Waals surface area (Å²) < 4.78 is 14.8. The second kappa shape index (κ2) is 6.50. The molecule has 6 heteroatoms. The van der Waals surface area contributed by atoms with Crippen LogP contribution < -0.4 is 0 Å². The molecular weight excluding hydrogens is 297 g/mol. The summed E-state index contributed by atoms with van der Waals surface area (Å²) >= 11 is 0. The molecular formula is C17H20FN3O2. The Kier molecular flexibility index (Phi) is 4.43. The summed E-state index contributed by atoms with van der Waals surface area (Å²) in [6.45, 7) is 2.63. The highest BCUT2D eigenvalue weighted by atomic mass is 19.1. The van der Waals surface area contributed by atoms with Crippen molar-refractivity contribution in [2.45, 2.75) is 25.8 Å². The van der Waals surface area contributed by atoms with Crippen molar-refractivity contribution in [1.82, 2.24) is 14.7 Å². The Morgan fingerprint density at radius 1 is 1.43 bits per heavy atom. The lowest BCUT2D eigenvalue weighted by Crippen LogP contribution is -2.49. The van der Waals surface area contributed by atoms with Gasteiger partial charge in [0.25, 0.3) is 5.91 Å². The van der Waals surface area contributed by atoms with Gasteiger partial charge < -0.3 is 10.0 Å². The van der Waals surface area contributed by atoms with E-state index in [0.29, 0.717) is 17.9 Å². The molecule has 0 saturated carbocycles. The zero-order valence-electron chi connectivity index (χ0n) is 13.0. The second-order valence-electron chi connectivity index (χ2n) is 5.99. The van der Waals surface area contributed by atoms with Crippen molar-refractivity contribution < 1.29 is 14.3 Å². The minimum atomic E-state index is -0.351. The average Bonchev–Trinajstić information content (AvgIpc) is 3.04. The lowest BCUT2D eigenvalue weighted by atomic mass is 9.91. The maximum atomic E-state index is 13.3. The lowest BCUT2D eigenvalue weighted by molar-refractivity contribution is 0.0353. The number of aliphatic hydroxyl groups is 1. The summed E-state index contributed by atoms with van der Waals surface area (Å²) in [6.07, 6.45) is 3.57. The Morgan fingerprint density at radius 2 is 2.26 bits per heavy atom. The molecule has 5 nitrogen and oxygen atoms in total. The fraction of sp³-hybridized carbons (Fsp3) is 0.412. The van der Waals surface area contributed by atoms with E-state index in [0.717, 1.165) is 12.8 Å². The van der Waals surface area contributed by atoms with Crippen LogP contribution in [0, 0.1) is 11.7 Å². The summed E-state index contributed by atoms with van der Waals surface area (Å²) in [6, 6.07) is 7.50. The molecule has 3 rings (SSSR count). The summed E-state index contributed by atoms with van der Waals surface area (Å²) in [5.41, 5.74) is 0.872. The fourth-order valence-corrected chi connectivity index (χ4v) is 3.13. The number of rotatable bonds is 3. The van der Waals surface area contributed by atoms with Gasteiger partial charge in [-0.2, -0.15) is 5.10 Å². The van der Waals surface area contributed by atoms with Gasteiger partial charge in [-0.3, -0.25) is 4.79 Å². The Hall–Kier alpha value is -2.21. The van der Waals surface area contributed by atoms with E-state index >= 15 is 0 Å². The Labute approximate surface area is 134 Å². The number of hydrogen-bond donors (Lipinski definition) is 1. The van der Waals surface area contributed by atoms with Crippen molar-refractivity contribution >= 4 is 5.91 Å². The van der Waals surface area contributed by atoms with Gasteiger partial charge in [-0.05, 0) is 43.0 Å². The van der Waals surface area contributed by atoms with Crippen LogP contribution in [-0.2, 0) is 0 Å². The Bertz CT molecular complexity index is 701. The van der Waals surface area contributed by atoms with Gasteiger partial charge in [0, 0.05) is 12.7 Å². The van der Waals surface area contributed by atoms with Crippen LogP contribution >= 0.6 is 0 Å². The van der Waals surface area contributed by atoms with Gasteiger partial charge in [-0.15, -0.1) is 0 Å². The molecule has 122 valence electrons. The molecule has 0 radical (unpaired) electrons. The van der Waals surface area contributed by atoms with Gasteiger partial charge in [-0.1, -0.05) is 13.0 Å². The van der Waals surface area contributed by atoms with E-state index in [4.69, 9.17) is 0 Å². The molecule has 1 aromatic carbocycles. The molecule has 0 aliphatic carbocycles. The molecule has 1 amide bonds. The predicted molar refractivity (Wildman–Crippen MR) is 83.8 cm³/mol. The van der Waals surface area contributed by atoms with Crippen molar-refractivity contribution in [2.75, 3.05) is 13.2 Å². The molecule has 0 spiro atoms. The highest BCUT2D eigenvalue weighted by molar-refractivity contribution is 5.92. The van der Waals surface area contributed by atoms with Crippen LogP contribution in [0.15, 0.2) is 36.5 Å².